The van der Waals surface area contributed by atoms with Crippen LogP contribution < -0.4 is 0 Å². The van der Waals surface area contributed by atoms with Gasteiger partial charge in [-0.15, -0.1) is 0 Å². The van der Waals surface area contributed by atoms with Crippen LogP contribution in [0.1, 0.15) is 11.7 Å². The monoisotopic (exact) mass is 339 g/mol. The molecule has 1 aliphatic rings. The first kappa shape index (κ1) is 13.7. The van der Waals surface area contributed by atoms with Gasteiger partial charge in [-0.05, 0) is 33.6 Å². The number of nitrogens with zero attached hydrogens (tertiary/aromatic N) is 3. The van der Waals surface area contributed by atoms with Crippen LogP contribution in [0.2, 0.25) is 0 Å². The van der Waals surface area contributed by atoms with E-state index in [1.54, 1.807) is 18.3 Å². The number of ether oxygens (including phenoxy) is 1. The lowest BCUT2D eigenvalue weighted by atomic mass is 10.1. The molecule has 20 heavy (non-hydrogen) atoms. The number of hydrogen-bond acceptors (Lipinski definition) is 3. The Morgan fingerprint density at radius 1 is 1.35 bits per heavy atom. The molecule has 3 rings (SSSR count). The van der Waals surface area contributed by atoms with E-state index < -0.39 is 0 Å². The van der Waals surface area contributed by atoms with Crippen LogP contribution in [0, 0.1) is 5.82 Å². The second-order valence-electron chi connectivity index (χ2n) is 4.83. The smallest absolute Gasteiger partial charge is 0.123 e. The molecule has 1 fully saturated rings. The van der Waals surface area contributed by atoms with E-state index in [4.69, 9.17) is 4.74 Å². The van der Waals surface area contributed by atoms with Crippen molar-refractivity contribution < 1.29 is 9.13 Å². The molecule has 2 aromatic rings. The van der Waals surface area contributed by atoms with Gasteiger partial charge in [0.25, 0.3) is 0 Å². The summed E-state index contributed by atoms with van der Waals surface area (Å²) in [6.07, 6.45) is 3.71. The predicted molar refractivity (Wildman–Crippen MR) is 76.6 cm³/mol. The van der Waals surface area contributed by atoms with Gasteiger partial charge in [-0.1, -0.05) is 12.1 Å². The van der Waals surface area contributed by atoms with Crippen molar-refractivity contribution >= 4 is 15.9 Å². The van der Waals surface area contributed by atoms with Gasteiger partial charge in [0.05, 0.1) is 30.0 Å². The molecule has 1 aromatic carbocycles. The molecule has 0 spiro atoms. The Kier molecular flexibility index (Phi) is 4.14. The van der Waals surface area contributed by atoms with Crippen molar-refractivity contribution in [1.82, 2.24) is 14.7 Å². The maximum Gasteiger partial charge on any atom is 0.123 e. The molecule has 0 N–H and O–H groups in total. The maximum absolute atomic E-state index is 13.0. The van der Waals surface area contributed by atoms with Crippen molar-refractivity contribution in [2.45, 2.75) is 12.8 Å². The number of benzene rings is 1. The zero-order valence-corrected chi connectivity index (χ0v) is 12.5. The van der Waals surface area contributed by atoms with Gasteiger partial charge >= 0.3 is 0 Å². The summed E-state index contributed by atoms with van der Waals surface area (Å²) < 4.78 is 21.6. The summed E-state index contributed by atoms with van der Waals surface area (Å²) in [6.45, 7) is 3.05. The summed E-state index contributed by atoms with van der Waals surface area (Å²) in [5.41, 5.74) is 1.01. The summed E-state index contributed by atoms with van der Waals surface area (Å²) in [4.78, 5) is 2.27. The quantitative estimate of drug-likeness (QED) is 0.861. The maximum atomic E-state index is 13.0. The number of aromatic nitrogens is 2. The molecule has 1 aliphatic heterocycles. The lowest BCUT2D eigenvalue weighted by molar-refractivity contribution is -0.0416. The fraction of sp³-hybridized carbons (Fsp3) is 0.357. The molecule has 1 unspecified atom stereocenters. The fourth-order valence-electron chi connectivity index (χ4n) is 2.33. The highest BCUT2D eigenvalue weighted by atomic mass is 79.9. The highest BCUT2D eigenvalue weighted by Crippen LogP contribution is 2.22. The van der Waals surface area contributed by atoms with E-state index in [1.807, 2.05) is 10.9 Å². The van der Waals surface area contributed by atoms with Crippen LogP contribution in [0.5, 0.6) is 0 Å². The van der Waals surface area contributed by atoms with Crippen LogP contribution in [0.25, 0.3) is 0 Å². The second kappa shape index (κ2) is 6.03. The lowest BCUT2D eigenvalue weighted by Gasteiger charge is -2.32. The van der Waals surface area contributed by atoms with Crippen LogP contribution in [-0.4, -0.2) is 34.4 Å². The van der Waals surface area contributed by atoms with E-state index in [0.717, 1.165) is 29.8 Å². The first-order valence-corrected chi connectivity index (χ1v) is 7.27. The van der Waals surface area contributed by atoms with Gasteiger partial charge in [0.15, 0.2) is 0 Å². The van der Waals surface area contributed by atoms with Crippen LogP contribution in [0.4, 0.5) is 4.39 Å². The molecule has 0 aliphatic carbocycles. The molecule has 2 heterocycles. The Balaban J connectivity index is 1.65. The third kappa shape index (κ3) is 3.26. The Hall–Kier alpha value is -1.24. The molecule has 1 saturated heterocycles. The summed E-state index contributed by atoms with van der Waals surface area (Å²) in [6, 6.07) is 6.52. The third-order valence-corrected chi connectivity index (χ3v) is 3.75. The number of halogens is 2. The van der Waals surface area contributed by atoms with Crippen molar-refractivity contribution in [2.75, 3.05) is 19.7 Å². The van der Waals surface area contributed by atoms with Crippen molar-refractivity contribution in [3.8, 4) is 0 Å². The zero-order chi connectivity index (χ0) is 13.9. The standard InChI is InChI=1S/C14H15BrFN3O/c15-12-7-17-19(8-12)10-18-5-6-20-14(9-18)11-1-3-13(16)4-2-11/h1-4,7-8,14H,5-6,9-10H2. The van der Waals surface area contributed by atoms with Gasteiger partial charge in [0.2, 0.25) is 0 Å². The van der Waals surface area contributed by atoms with Crippen molar-refractivity contribution in [3.05, 3.63) is 52.5 Å². The first-order valence-electron chi connectivity index (χ1n) is 6.48. The lowest BCUT2D eigenvalue weighted by Crippen LogP contribution is -2.39. The van der Waals surface area contributed by atoms with Crippen molar-refractivity contribution in [3.63, 3.8) is 0 Å². The van der Waals surface area contributed by atoms with Gasteiger partial charge in [0, 0.05) is 19.3 Å². The minimum Gasteiger partial charge on any atom is -0.371 e. The molecule has 106 valence electrons. The zero-order valence-electron chi connectivity index (χ0n) is 10.9. The molecular formula is C14H15BrFN3O. The molecule has 4 nitrogen and oxygen atoms in total. The van der Waals surface area contributed by atoms with E-state index in [0.29, 0.717) is 6.61 Å². The van der Waals surface area contributed by atoms with Gasteiger partial charge in [-0.2, -0.15) is 5.10 Å². The highest BCUT2D eigenvalue weighted by Gasteiger charge is 2.22. The summed E-state index contributed by atoms with van der Waals surface area (Å²) in [5.74, 6) is -0.220. The summed E-state index contributed by atoms with van der Waals surface area (Å²) in [7, 11) is 0. The molecular weight excluding hydrogens is 325 g/mol. The Morgan fingerprint density at radius 2 is 2.15 bits per heavy atom. The van der Waals surface area contributed by atoms with Gasteiger partial charge in [-0.25, -0.2) is 4.39 Å². The number of morpholine rings is 1. The largest absolute Gasteiger partial charge is 0.371 e. The predicted octanol–water partition coefficient (Wildman–Crippen LogP) is 2.82. The molecule has 0 saturated carbocycles. The average molecular weight is 340 g/mol. The average Bonchev–Trinajstić information content (AvgIpc) is 2.85. The van der Waals surface area contributed by atoms with E-state index in [-0.39, 0.29) is 11.9 Å². The van der Waals surface area contributed by atoms with E-state index >= 15 is 0 Å². The van der Waals surface area contributed by atoms with E-state index in [9.17, 15) is 4.39 Å². The molecule has 1 atom stereocenters. The topological polar surface area (TPSA) is 30.3 Å². The van der Waals surface area contributed by atoms with Crippen molar-refractivity contribution in [1.29, 1.82) is 0 Å². The van der Waals surface area contributed by atoms with E-state index in [1.165, 1.54) is 12.1 Å². The molecule has 0 bridgehead atoms. The van der Waals surface area contributed by atoms with Crippen LogP contribution in [0.3, 0.4) is 0 Å². The Morgan fingerprint density at radius 3 is 2.85 bits per heavy atom. The second-order valence-corrected chi connectivity index (χ2v) is 5.74. The highest BCUT2D eigenvalue weighted by molar-refractivity contribution is 9.10. The normalized spacial score (nSPS) is 20.2. The van der Waals surface area contributed by atoms with Gasteiger partial charge in [-0.3, -0.25) is 9.58 Å². The fourth-order valence-corrected chi connectivity index (χ4v) is 2.66. The first-order chi connectivity index (χ1) is 9.70. The molecule has 1 aromatic heterocycles. The number of rotatable bonds is 3. The van der Waals surface area contributed by atoms with Crippen LogP contribution in [0.15, 0.2) is 41.1 Å². The van der Waals surface area contributed by atoms with Crippen molar-refractivity contribution in [2.24, 2.45) is 0 Å². The van der Waals surface area contributed by atoms with E-state index in [2.05, 4.69) is 25.9 Å². The summed E-state index contributed by atoms with van der Waals surface area (Å²) >= 11 is 3.39. The van der Waals surface area contributed by atoms with Gasteiger partial charge < -0.3 is 4.74 Å². The molecule has 6 heteroatoms. The third-order valence-electron chi connectivity index (χ3n) is 3.34. The SMILES string of the molecule is Fc1ccc(C2CN(Cn3cc(Br)cn3)CCO2)cc1. The molecule has 0 radical (unpaired) electrons. The number of hydrogen-bond donors (Lipinski definition) is 0. The summed E-state index contributed by atoms with van der Waals surface area (Å²) in [5, 5.41) is 4.26. The Labute approximate surface area is 125 Å². The minimum absolute atomic E-state index is 0.0108. The van der Waals surface area contributed by atoms with Crippen LogP contribution in [-0.2, 0) is 11.4 Å². The van der Waals surface area contributed by atoms with Gasteiger partial charge in [0.1, 0.15) is 5.82 Å². The van der Waals surface area contributed by atoms with Crippen LogP contribution >= 0.6 is 15.9 Å². The molecule has 0 amide bonds. The minimum atomic E-state index is -0.220. The Bertz CT molecular complexity index is 572.